The second-order valence-electron chi connectivity index (χ2n) is 7.62. The van der Waals surface area contributed by atoms with E-state index in [1.165, 1.54) is 5.56 Å². The third-order valence-electron chi connectivity index (χ3n) is 5.31. The minimum Gasteiger partial charge on any atom is -0.381 e. The van der Waals surface area contributed by atoms with E-state index in [-0.39, 0.29) is 24.0 Å². The molecule has 0 heterocycles. The highest BCUT2D eigenvalue weighted by molar-refractivity contribution is 14.0. The van der Waals surface area contributed by atoms with Gasteiger partial charge in [-0.15, -0.1) is 24.0 Å². The third-order valence-corrected chi connectivity index (χ3v) is 7.05. The number of nitrogens with zero attached hydrogens (tertiary/aromatic N) is 1. The lowest BCUT2D eigenvalue weighted by Crippen LogP contribution is -2.46. The molecule has 1 fully saturated rings. The largest absolute Gasteiger partial charge is 0.381 e. The van der Waals surface area contributed by atoms with Crippen LogP contribution < -0.4 is 10.6 Å². The van der Waals surface area contributed by atoms with Gasteiger partial charge in [0, 0.05) is 47.5 Å². The lowest BCUT2D eigenvalue weighted by Gasteiger charge is -2.30. The fraction of sp³-hybridized carbons (Fsp3) is 0.696. The fourth-order valence-corrected chi connectivity index (χ4v) is 5.06. The standard InChI is InChI=1S/C23H39N3O2S.HI/c1-3-24-23(26-21-13-10-14-22(19-21)29(27)4-2)25-16-8-9-17-28-18-15-20-11-6-5-7-12-20;/h5-7,11-12,21-22H,3-4,8-10,13-19H2,1-2H3,(H2,24,25,26);1H. The first-order chi connectivity index (χ1) is 14.2. The minimum absolute atomic E-state index is 0. The number of ether oxygens (including phenoxy) is 1. The highest BCUT2D eigenvalue weighted by atomic mass is 127. The van der Waals surface area contributed by atoms with E-state index in [0.29, 0.717) is 11.3 Å². The van der Waals surface area contributed by atoms with Crippen LogP contribution >= 0.6 is 24.0 Å². The van der Waals surface area contributed by atoms with Crippen LogP contribution in [0.15, 0.2) is 35.3 Å². The van der Waals surface area contributed by atoms with E-state index in [1.807, 2.05) is 13.0 Å². The molecule has 2 rings (SSSR count). The van der Waals surface area contributed by atoms with Gasteiger partial charge in [0.05, 0.1) is 6.61 Å². The Bertz CT molecular complexity index is 616. The van der Waals surface area contributed by atoms with Crippen LogP contribution in [0, 0.1) is 0 Å². The SMILES string of the molecule is CCNC(=NCCCCOCCc1ccccc1)NC1CCCC(S(=O)CC)C1.I. The molecule has 0 spiro atoms. The first-order valence-corrected chi connectivity index (χ1v) is 12.6. The van der Waals surface area contributed by atoms with Gasteiger partial charge in [-0.2, -0.15) is 0 Å². The molecule has 0 bridgehead atoms. The second kappa shape index (κ2) is 17.0. The molecule has 0 radical (unpaired) electrons. The number of halogens is 1. The molecule has 1 aliphatic carbocycles. The Balaban J connectivity index is 0.00000450. The predicted molar refractivity (Wildman–Crippen MR) is 139 cm³/mol. The Hall–Kier alpha value is -0.670. The van der Waals surface area contributed by atoms with Gasteiger partial charge in [0.2, 0.25) is 0 Å². The van der Waals surface area contributed by atoms with E-state index >= 15 is 0 Å². The Morgan fingerprint density at radius 3 is 2.70 bits per heavy atom. The van der Waals surface area contributed by atoms with Gasteiger partial charge in [-0.25, -0.2) is 0 Å². The summed E-state index contributed by atoms with van der Waals surface area (Å²) in [5.41, 5.74) is 1.33. The first-order valence-electron chi connectivity index (χ1n) is 11.3. The Labute approximate surface area is 202 Å². The highest BCUT2D eigenvalue weighted by Crippen LogP contribution is 2.22. The fourth-order valence-electron chi connectivity index (χ4n) is 3.71. The summed E-state index contributed by atoms with van der Waals surface area (Å²) in [5, 5.41) is 7.25. The first kappa shape index (κ1) is 27.4. The Morgan fingerprint density at radius 2 is 1.97 bits per heavy atom. The number of nitrogens with one attached hydrogen (secondary N) is 2. The van der Waals surface area contributed by atoms with Crippen molar-refractivity contribution in [1.82, 2.24) is 10.6 Å². The molecule has 172 valence electrons. The zero-order chi connectivity index (χ0) is 20.7. The number of aliphatic imine (C=N–C) groups is 1. The van der Waals surface area contributed by atoms with E-state index < -0.39 is 10.8 Å². The average molecular weight is 550 g/mol. The van der Waals surface area contributed by atoms with Crippen LogP contribution in [0.2, 0.25) is 0 Å². The maximum Gasteiger partial charge on any atom is 0.191 e. The van der Waals surface area contributed by atoms with Gasteiger partial charge in [-0.3, -0.25) is 9.20 Å². The number of hydrogen-bond acceptors (Lipinski definition) is 3. The number of guanidine groups is 1. The zero-order valence-corrected chi connectivity index (χ0v) is 21.8. The molecule has 0 aromatic heterocycles. The molecule has 1 aromatic carbocycles. The van der Waals surface area contributed by atoms with Gasteiger partial charge in [0.25, 0.3) is 0 Å². The molecule has 0 aliphatic heterocycles. The second-order valence-corrected chi connectivity index (χ2v) is 9.62. The topological polar surface area (TPSA) is 62.7 Å². The molecule has 1 aliphatic rings. The molecule has 7 heteroatoms. The average Bonchev–Trinajstić information content (AvgIpc) is 2.76. The van der Waals surface area contributed by atoms with Crippen molar-refractivity contribution >= 4 is 40.7 Å². The molecule has 5 nitrogen and oxygen atoms in total. The zero-order valence-electron chi connectivity index (χ0n) is 18.6. The van der Waals surface area contributed by atoms with Gasteiger partial charge in [0.15, 0.2) is 5.96 Å². The van der Waals surface area contributed by atoms with Crippen LogP contribution in [-0.4, -0.2) is 53.5 Å². The van der Waals surface area contributed by atoms with Crippen molar-refractivity contribution < 1.29 is 8.95 Å². The molecular weight excluding hydrogens is 509 g/mol. The van der Waals surface area contributed by atoms with E-state index in [2.05, 4.69) is 41.8 Å². The van der Waals surface area contributed by atoms with Crippen molar-refractivity contribution in [3.63, 3.8) is 0 Å². The molecule has 1 saturated carbocycles. The monoisotopic (exact) mass is 549 g/mol. The smallest absolute Gasteiger partial charge is 0.191 e. The lowest BCUT2D eigenvalue weighted by molar-refractivity contribution is 0.134. The van der Waals surface area contributed by atoms with Gasteiger partial charge in [-0.05, 0) is 51.0 Å². The maximum atomic E-state index is 12.1. The molecule has 0 saturated heterocycles. The molecular formula is C23H40IN3O2S. The van der Waals surface area contributed by atoms with Crippen LogP contribution in [0.25, 0.3) is 0 Å². The molecule has 3 atom stereocenters. The summed E-state index contributed by atoms with van der Waals surface area (Å²) in [6.45, 7) is 7.33. The Kier molecular flexibility index (Phi) is 15.5. The number of rotatable bonds is 12. The van der Waals surface area contributed by atoms with Gasteiger partial charge in [-0.1, -0.05) is 43.7 Å². The van der Waals surface area contributed by atoms with Crippen LogP contribution in [-0.2, 0) is 22.0 Å². The van der Waals surface area contributed by atoms with Crippen molar-refractivity contribution in [3.8, 4) is 0 Å². The summed E-state index contributed by atoms with van der Waals surface area (Å²) in [6, 6.07) is 10.8. The lowest BCUT2D eigenvalue weighted by atomic mass is 9.95. The quantitative estimate of drug-likeness (QED) is 0.177. The van der Waals surface area contributed by atoms with Gasteiger partial charge in [0.1, 0.15) is 0 Å². The van der Waals surface area contributed by atoms with Crippen LogP contribution in [0.5, 0.6) is 0 Å². The van der Waals surface area contributed by atoms with E-state index in [1.54, 1.807) is 0 Å². The van der Waals surface area contributed by atoms with Crippen molar-refractivity contribution in [1.29, 1.82) is 0 Å². The number of hydrogen-bond donors (Lipinski definition) is 2. The predicted octanol–water partition coefficient (Wildman–Crippen LogP) is 4.28. The summed E-state index contributed by atoms with van der Waals surface area (Å²) in [7, 11) is -0.690. The molecule has 0 amide bonds. The van der Waals surface area contributed by atoms with Gasteiger partial charge >= 0.3 is 0 Å². The van der Waals surface area contributed by atoms with Crippen LogP contribution in [0.4, 0.5) is 0 Å². The summed E-state index contributed by atoms with van der Waals surface area (Å²) < 4.78 is 17.9. The minimum atomic E-state index is -0.690. The van der Waals surface area contributed by atoms with Crippen molar-refractivity contribution in [3.05, 3.63) is 35.9 Å². The Morgan fingerprint density at radius 1 is 1.17 bits per heavy atom. The maximum absolute atomic E-state index is 12.1. The molecule has 30 heavy (non-hydrogen) atoms. The number of benzene rings is 1. The summed E-state index contributed by atoms with van der Waals surface area (Å²) in [6.07, 6.45) is 7.38. The van der Waals surface area contributed by atoms with Crippen LogP contribution in [0.3, 0.4) is 0 Å². The van der Waals surface area contributed by atoms with E-state index in [9.17, 15) is 4.21 Å². The van der Waals surface area contributed by atoms with Crippen molar-refractivity contribution in [2.75, 3.05) is 32.1 Å². The van der Waals surface area contributed by atoms with Crippen molar-refractivity contribution in [2.45, 2.75) is 70.1 Å². The van der Waals surface area contributed by atoms with Crippen LogP contribution in [0.1, 0.15) is 57.9 Å². The summed E-state index contributed by atoms with van der Waals surface area (Å²) in [4.78, 5) is 4.73. The molecule has 2 N–H and O–H groups in total. The van der Waals surface area contributed by atoms with Gasteiger partial charge < -0.3 is 15.4 Å². The van der Waals surface area contributed by atoms with E-state index in [4.69, 9.17) is 9.73 Å². The molecule has 1 aromatic rings. The number of unbranched alkanes of at least 4 members (excludes halogenated alkanes) is 1. The van der Waals surface area contributed by atoms with Crippen molar-refractivity contribution in [2.24, 2.45) is 4.99 Å². The summed E-state index contributed by atoms with van der Waals surface area (Å²) >= 11 is 0. The highest BCUT2D eigenvalue weighted by Gasteiger charge is 2.25. The summed E-state index contributed by atoms with van der Waals surface area (Å²) in [5.74, 6) is 1.66. The van der Waals surface area contributed by atoms with E-state index in [0.717, 1.165) is 83.0 Å². The molecule has 3 unspecified atom stereocenters. The normalized spacial score (nSPS) is 20.3. The third kappa shape index (κ3) is 11.1.